The molecule has 0 aliphatic carbocycles. The van der Waals surface area contributed by atoms with Crippen LogP contribution in [-0.4, -0.2) is 103 Å². The Morgan fingerprint density at radius 2 is 0.984 bits per heavy atom. The molecule has 4 aromatic heterocycles. The second kappa shape index (κ2) is 20.1. The van der Waals surface area contributed by atoms with Crippen molar-refractivity contribution >= 4 is 66.7 Å². The van der Waals surface area contributed by atoms with Crippen LogP contribution >= 0.6 is 0 Å². The molecule has 17 heteroatoms. The van der Waals surface area contributed by atoms with Crippen molar-refractivity contribution in [3.05, 3.63) is 94.6 Å². The Bertz CT molecular complexity index is 2250. The molecular weight excluding hydrogens is 829 g/mol. The zero-order valence-corrected chi connectivity index (χ0v) is 39.1. The Kier molecular flexibility index (Phi) is 15.4. The van der Waals surface area contributed by atoms with Crippen LogP contribution in [0, 0.1) is 39.5 Å². The molecule has 2 aromatic carbocycles. The minimum atomic E-state index is -1.39. The molecule has 8 rings (SSSR count). The number of rotatable bonds is 12. The van der Waals surface area contributed by atoms with Crippen molar-refractivity contribution in [3.63, 3.8) is 0 Å². The summed E-state index contributed by atoms with van der Waals surface area (Å²) in [4.78, 5) is 26.5. The van der Waals surface area contributed by atoms with Gasteiger partial charge in [-0.3, -0.25) is 18.4 Å². The first-order chi connectivity index (χ1) is 28.6. The molecule has 0 spiro atoms. The van der Waals surface area contributed by atoms with Crippen molar-refractivity contribution in [2.45, 2.75) is 88.8 Å². The Morgan fingerprint density at radius 3 is 1.34 bits per heavy atom. The van der Waals surface area contributed by atoms with Gasteiger partial charge in [0.25, 0.3) is 0 Å². The summed E-state index contributed by atoms with van der Waals surface area (Å²) in [6, 6.07) is 15.0. The van der Waals surface area contributed by atoms with Crippen molar-refractivity contribution in [3.8, 4) is 11.5 Å². The maximum absolute atomic E-state index is 12.9. The number of imidazole rings is 2. The predicted octanol–water partition coefficient (Wildman–Crippen LogP) is 6.20. The monoisotopic (exact) mass is 880 g/mol. The summed E-state index contributed by atoms with van der Waals surface area (Å²) in [5.74, 6) is 1.27. The van der Waals surface area contributed by atoms with Gasteiger partial charge in [0.2, 0.25) is 0 Å². The molecule has 0 saturated carbocycles. The van der Waals surface area contributed by atoms with Gasteiger partial charge in [0.15, 0.2) is 11.6 Å². The maximum Gasteiger partial charge on any atom is 2.00 e. The fourth-order valence-electron chi connectivity index (χ4n) is 6.65. The first kappa shape index (κ1) is 46.7. The molecule has 2 atom stereocenters. The van der Waals surface area contributed by atoms with E-state index in [2.05, 4.69) is 29.9 Å². The molecule has 2 aliphatic rings. The SMILES string of the molecule is Cc1cnc(CS(=O)c2nc3ccccc3[n-]2)c(C)c1OCC1COC(C)(C)OC1.Cc1cnc(CS(=O)c2nc3ccccc3[n-]2)c(C)c1OCC1COC(C)(C)OC1.[Mg+2]. The van der Waals surface area contributed by atoms with Crippen LogP contribution in [-0.2, 0) is 52.1 Å². The molecule has 14 nitrogen and oxygen atoms in total. The van der Waals surface area contributed by atoms with E-state index in [0.717, 1.165) is 67.2 Å². The Labute approximate surface area is 377 Å². The number of hydrogen-bond donors (Lipinski definition) is 0. The number of hydrogen-bond acceptors (Lipinski definition) is 12. The normalized spacial score (nSPS) is 17.6. The van der Waals surface area contributed by atoms with Gasteiger partial charge in [-0.05, 0) is 77.5 Å². The summed E-state index contributed by atoms with van der Waals surface area (Å²) >= 11 is 0. The number of para-hydroxylation sites is 4. The van der Waals surface area contributed by atoms with E-state index in [1.165, 1.54) is 0 Å². The summed E-state index contributed by atoms with van der Waals surface area (Å²) < 4.78 is 60.8. The molecule has 6 aromatic rings. The fraction of sp³-hybridized carbons (Fsp3) is 0.455. The Hall–Kier alpha value is -3.81. The van der Waals surface area contributed by atoms with Crippen LogP contribution in [0.25, 0.3) is 22.1 Å². The van der Waals surface area contributed by atoms with Gasteiger partial charge in [0, 0.05) is 56.8 Å². The van der Waals surface area contributed by atoms with Gasteiger partial charge in [-0.25, -0.2) is 0 Å². The van der Waals surface area contributed by atoms with E-state index in [9.17, 15) is 8.42 Å². The average molecular weight is 881 g/mol. The van der Waals surface area contributed by atoms with Crippen LogP contribution in [0.3, 0.4) is 0 Å². The second-order valence-corrected chi connectivity index (χ2v) is 18.7. The van der Waals surface area contributed by atoms with E-state index in [4.69, 9.17) is 28.4 Å². The molecule has 0 N–H and O–H groups in total. The van der Waals surface area contributed by atoms with Crippen molar-refractivity contribution in [1.29, 1.82) is 0 Å². The zero-order valence-electron chi connectivity index (χ0n) is 36.1. The van der Waals surface area contributed by atoms with Crippen LogP contribution in [0.2, 0.25) is 0 Å². The molecule has 0 radical (unpaired) electrons. The zero-order chi connectivity index (χ0) is 42.6. The van der Waals surface area contributed by atoms with E-state index < -0.39 is 33.2 Å². The van der Waals surface area contributed by atoms with Crippen molar-refractivity contribution in [2.24, 2.45) is 11.8 Å². The minimum absolute atomic E-state index is 0. The number of nitrogens with zero attached hydrogens (tertiary/aromatic N) is 6. The molecule has 6 heterocycles. The number of ether oxygens (including phenoxy) is 6. The Balaban J connectivity index is 0.000000201. The van der Waals surface area contributed by atoms with Crippen molar-refractivity contribution < 1.29 is 36.8 Å². The number of fused-ring (bicyclic) bond motifs is 2. The number of pyridine rings is 2. The minimum Gasteiger partial charge on any atom is -0.492 e. The third-order valence-corrected chi connectivity index (χ3v) is 12.5. The van der Waals surface area contributed by atoms with Gasteiger partial charge in [0.05, 0.1) is 84.1 Å². The van der Waals surface area contributed by atoms with Crippen molar-refractivity contribution in [1.82, 2.24) is 29.9 Å². The smallest absolute Gasteiger partial charge is 0.492 e. The molecule has 320 valence electrons. The predicted molar refractivity (Wildman–Crippen MR) is 233 cm³/mol. The topological polar surface area (TPSA) is 169 Å². The van der Waals surface area contributed by atoms with Crippen LogP contribution < -0.4 is 19.4 Å². The van der Waals surface area contributed by atoms with E-state index in [0.29, 0.717) is 50.0 Å². The molecule has 0 bridgehead atoms. The summed E-state index contributed by atoms with van der Waals surface area (Å²) in [6.07, 6.45) is 3.52. The molecule has 2 saturated heterocycles. The van der Waals surface area contributed by atoms with Crippen LogP contribution in [0.4, 0.5) is 0 Å². The largest absolute Gasteiger partial charge is 2.00 e. The van der Waals surface area contributed by atoms with E-state index >= 15 is 0 Å². The summed E-state index contributed by atoms with van der Waals surface area (Å²) in [5.41, 5.74) is 8.09. The number of benzene rings is 2. The first-order valence-electron chi connectivity index (χ1n) is 19.9. The molecule has 0 amide bonds. The molecule has 2 fully saturated rings. The van der Waals surface area contributed by atoms with Gasteiger partial charge < -0.3 is 48.4 Å². The van der Waals surface area contributed by atoms with Gasteiger partial charge in [-0.2, -0.15) is 0 Å². The fourth-order valence-corrected chi connectivity index (χ4v) is 8.79. The van der Waals surface area contributed by atoms with E-state index in [-0.39, 0.29) is 46.4 Å². The summed E-state index contributed by atoms with van der Waals surface area (Å²) in [6.45, 7) is 18.8. The van der Waals surface area contributed by atoms with Gasteiger partial charge in [-0.1, -0.05) is 48.5 Å². The quantitative estimate of drug-likeness (QED) is 0.127. The van der Waals surface area contributed by atoms with Crippen molar-refractivity contribution in [2.75, 3.05) is 39.6 Å². The third-order valence-electron chi connectivity index (χ3n) is 10.3. The number of aryl methyl sites for hydroxylation is 2. The van der Waals surface area contributed by atoms with Gasteiger partial charge in [0.1, 0.15) is 11.5 Å². The third kappa shape index (κ3) is 11.8. The summed E-state index contributed by atoms with van der Waals surface area (Å²) in [7, 11) is -2.78. The Morgan fingerprint density at radius 1 is 0.623 bits per heavy atom. The van der Waals surface area contributed by atoms with Gasteiger partial charge in [-0.15, -0.1) is 0 Å². The number of aromatic nitrogens is 6. The molecule has 2 unspecified atom stereocenters. The maximum atomic E-state index is 12.9. The summed E-state index contributed by atoms with van der Waals surface area (Å²) in [5, 5.41) is 0.666. The standard InChI is InChI=1S/2C22H26N3O4S.Mg/c2*1-14-9-23-19(13-30(26)21-24-17-7-5-6-8-18(17)25-21)15(2)20(14)27-10-16-11-28-22(3,4)29-12-16;/h2*5-9,16H,10-13H2,1-4H3;/q2*-1;+2. The van der Waals surface area contributed by atoms with Crippen LogP contribution in [0.5, 0.6) is 11.5 Å². The molecule has 2 aliphatic heterocycles. The second-order valence-electron chi connectivity index (χ2n) is 16.1. The van der Waals surface area contributed by atoms with E-state index in [1.807, 2.05) is 104 Å². The first-order valence-corrected chi connectivity index (χ1v) is 22.6. The molecular formula is C44H52MgN6O8S2. The average Bonchev–Trinajstić information content (AvgIpc) is 3.87. The van der Waals surface area contributed by atoms with Crippen LogP contribution in [0.15, 0.2) is 71.2 Å². The van der Waals surface area contributed by atoms with E-state index in [1.54, 1.807) is 12.4 Å². The molecule has 61 heavy (non-hydrogen) atoms. The van der Waals surface area contributed by atoms with Gasteiger partial charge >= 0.3 is 23.1 Å². The van der Waals surface area contributed by atoms with Crippen LogP contribution in [0.1, 0.15) is 61.3 Å².